The van der Waals surface area contributed by atoms with E-state index in [4.69, 9.17) is 9.47 Å². The van der Waals surface area contributed by atoms with Crippen LogP contribution in [0.4, 0.5) is 0 Å². The zero-order valence-corrected chi connectivity index (χ0v) is 20.2. The molecule has 0 spiro atoms. The molecule has 1 aromatic carbocycles. The average Bonchev–Trinajstić information content (AvgIpc) is 3.14. The largest absolute Gasteiger partial charge is 0.379 e. The summed E-state index contributed by atoms with van der Waals surface area (Å²) < 4.78 is 12.4. The lowest BCUT2D eigenvalue weighted by Crippen LogP contribution is -2.54. The molecule has 0 amide bonds. The summed E-state index contributed by atoms with van der Waals surface area (Å²) in [6, 6.07) is 8.17. The Kier molecular flexibility index (Phi) is 5.95. The lowest BCUT2D eigenvalue weighted by molar-refractivity contribution is -0.154. The van der Waals surface area contributed by atoms with Crippen LogP contribution in [0.5, 0.6) is 0 Å². The molecule has 176 valence electrons. The highest BCUT2D eigenvalue weighted by atomic mass is 16.5. The summed E-state index contributed by atoms with van der Waals surface area (Å²) in [7, 11) is 1.86. The number of methoxy groups -OCH3 is 1. The molecule has 5 atom stereocenters. The van der Waals surface area contributed by atoms with Crippen molar-refractivity contribution in [1.29, 1.82) is 0 Å². The standard InChI is InChI=1S/C29H36O4/c1-4-33-18-29(32-3)14-13-26-24-11-9-21-15-22(31)10-12-23(21)27(24)25(16-28(26,29)2)20-7-5-19(17-30)6-8-20/h5-8,15,17,24-26H,4,9-14,16,18H2,1-3H3/t24-,25+,26-,28-,29+/m0/s1. The van der Waals surface area contributed by atoms with Crippen molar-refractivity contribution in [1.82, 2.24) is 0 Å². The SMILES string of the molecule is CCOC[C@]1(OC)CC[C@H]2[C@@H]3CCC4=CC(=O)CCC4=C3[C@@H](c3ccc(C=O)cc3)C[C@@]21C. The summed E-state index contributed by atoms with van der Waals surface area (Å²) >= 11 is 0. The van der Waals surface area contributed by atoms with E-state index in [0.29, 0.717) is 37.0 Å². The number of hydrogen-bond donors (Lipinski definition) is 0. The number of hydrogen-bond acceptors (Lipinski definition) is 4. The summed E-state index contributed by atoms with van der Waals surface area (Å²) in [6.07, 6.45) is 9.64. The zero-order chi connectivity index (χ0) is 23.2. The molecule has 0 aliphatic heterocycles. The third-order valence-electron chi connectivity index (χ3n) is 9.43. The van der Waals surface area contributed by atoms with Crippen LogP contribution < -0.4 is 0 Å². The predicted molar refractivity (Wildman–Crippen MR) is 128 cm³/mol. The Morgan fingerprint density at radius 1 is 1.12 bits per heavy atom. The van der Waals surface area contributed by atoms with Crippen LogP contribution in [0.2, 0.25) is 0 Å². The number of carbonyl (C=O) groups excluding carboxylic acids is 2. The molecule has 0 heterocycles. The van der Waals surface area contributed by atoms with E-state index in [1.54, 1.807) is 5.57 Å². The number of allylic oxidation sites excluding steroid dienone is 4. The van der Waals surface area contributed by atoms with Crippen LogP contribution in [0.1, 0.15) is 80.6 Å². The number of aldehydes is 1. The highest BCUT2D eigenvalue weighted by Crippen LogP contribution is 2.67. The number of ketones is 1. The van der Waals surface area contributed by atoms with E-state index in [9.17, 15) is 9.59 Å². The molecule has 0 bridgehead atoms. The topological polar surface area (TPSA) is 52.6 Å². The molecule has 4 aliphatic carbocycles. The molecule has 2 saturated carbocycles. The number of carbonyl (C=O) groups is 2. The minimum Gasteiger partial charge on any atom is -0.379 e. The van der Waals surface area contributed by atoms with Gasteiger partial charge in [0.05, 0.1) is 12.2 Å². The van der Waals surface area contributed by atoms with Gasteiger partial charge in [-0.15, -0.1) is 0 Å². The monoisotopic (exact) mass is 448 g/mol. The van der Waals surface area contributed by atoms with E-state index in [1.165, 1.54) is 16.7 Å². The van der Waals surface area contributed by atoms with Crippen molar-refractivity contribution < 1.29 is 19.1 Å². The number of benzene rings is 1. The minimum absolute atomic E-state index is 0.00531. The Morgan fingerprint density at radius 2 is 1.91 bits per heavy atom. The van der Waals surface area contributed by atoms with Crippen molar-refractivity contribution in [3.8, 4) is 0 Å². The van der Waals surface area contributed by atoms with E-state index in [2.05, 4.69) is 26.0 Å². The van der Waals surface area contributed by atoms with Gasteiger partial charge in [0.2, 0.25) is 0 Å². The fourth-order valence-corrected chi connectivity index (χ4v) is 7.74. The summed E-state index contributed by atoms with van der Waals surface area (Å²) in [6.45, 7) is 5.83. The second-order valence-corrected chi connectivity index (χ2v) is 10.7. The first-order valence-electron chi connectivity index (χ1n) is 12.6. The third kappa shape index (κ3) is 3.49. The second kappa shape index (κ2) is 8.63. The molecule has 0 unspecified atom stereocenters. The summed E-state index contributed by atoms with van der Waals surface area (Å²) in [5, 5.41) is 0. The van der Waals surface area contributed by atoms with Gasteiger partial charge in [0.15, 0.2) is 5.78 Å². The predicted octanol–water partition coefficient (Wildman–Crippen LogP) is 5.82. The van der Waals surface area contributed by atoms with Crippen molar-refractivity contribution in [2.75, 3.05) is 20.3 Å². The first-order valence-corrected chi connectivity index (χ1v) is 12.6. The molecule has 0 saturated heterocycles. The highest BCUT2D eigenvalue weighted by molar-refractivity contribution is 5.93. The third-order valence-corrected chi connectivity index (χ3v) is 9.43. The summed E-state index contributed by atoms with van der Waals surface area (Å²) in [5.74, 6) is 1.62. The van der Waals surface area contributed by atoms with Gasteiger partial charge in [-0.05, 0) is 80.1 Å². The normalized spacial score (nSPS) is 35.5. The Bertz CT molecular complexity index is 1000. The molecule has 4 nitrogen and oxygen atoms in total. The van der Waals surface area contributed by atoms with Gasteiger partial charge in [0, 0.05) is 37.0 Å². The number of ether oxygens (including phenoxy) is 2. The highest BCUT2D eigenvalue weighted by Gasteiger charge is 2.63. The lowest BCUT2D eigenvalue weighted by Gasteiger charge is -2.55. The van der Waals surface area contributed by atoms with E-state index >= 15 is 0 Å². The fraction of sp³-hybridized carbons (Fsp3) is 0.586. The van der Waals surface area contributed by atoms with Gasteiger partial charge in [-0.25, -0.2) is 0 Å². The summed E-state index contributed by atoms with van der Waals surface area (Å²) in [4.78, 5) is 23.5. The van der Waals surface area contributed by atoms with Gasteiger partial charge in [-0.3, -0.25) is 9.59 Å². The van der Waals surface area contributed by atoms with Gasteiger partial charge in [-0.2, -0.15) is 0 Å². The van der Waals surface area contributed by atoms with Crippen molar-refractivity contribution >= 4 is 12.1 Å². The molecule has 1 aromatic rings. The van der Waals surface area contributed by atoms with E-state index < -0.39 is 0 Å². The molecule has 0 N–H and O–H groups in total. The molecular weight excluding hydrogens is 412 g/mol. The zero-order valence-electron chi connectivity index (χ0n) is 20.2. The Balaban J connectivity index is 1.65. The molecule has 5 rings (SSSR count). The first kappa shape index (κ1) is 22.7. The van der Waals surface area contributed by atoms with Crippen molar-refractivity contribution in [2.45, 2.75) is 70.3 Å². The Morgan fingerprint density at radius 3 is 2.61 bits per heavy atom. The Hall–Kier alpha value is -2.04. The van der Waals surface area contributed by atoms with E-state index in [0.717, 1.165) is 44.8 Å². The number of fused-ring (bicyclic) bond motifs is 4. The number of rotatable bonds is 6. The molecule has 33 heavy (non-hydrogen) atoms. The Labute approximate surface area is 197 Å². The van der Waals surface area contributed by atoms with Crippen molar-refractivity contribution in [3.63, 3.8) is 0 Å². The van der Waals surface area contributed by atoms with Gasteiger partial charge in [-0.1, -0.05) is 36.8 Å². The first-order chi connectivity index (χ1) is 16.0. The maximum atomic E-state index is 12.2. The molecular formula is C29H36O4. The lowest BCUT2D eigenvalue weighted by atomic mass is 9.51. The van der Waals surface area contributed by atoms with Crippen LogP contribution in [0.3, 0.4) is 0 Å². The van der Waals surface area contributed by atoms with Gasteiger partial charge in [0.25, 0.3) is 0 Å². The maximum absolute atomic E-state index is 12.2. The molecule has 2 fully saturated rings. The van der Waals surface area contributed by atoms with Gasteiger partial charge >= 0.3 is 0 Å². The fourth-order valence-electron chi connectivity index (χ4n) is 7.74. The quantitative estimate of drug-likeness (QED) is 0.515. The maximum Gasteiger partial charge on any atom is 0.156 e. The van der Waals surface area contributed by atoms with Crippen LogP contribution >= 0.6 is 0 Å². The van der Waals surface area contributed by atoms with E-state index in [1.807, 2.05) is 25.3 Å². The minimum atomic E-state index is -0.274. The van der Waals surface area contributed by atoms with Crippen LogP contribution in [-0.4, -0.2) is 38.0 Å². The summed E-state index contributed by atoms with van der Waals surface area (Å²) in [5.41, 5.74) is 6.03. The smallest absolute Gasteiger partial charge is 0.156 e. The second-order valence-electron chi connectivity index (χ2n) is 10.7. The van der Waals surface area contributed by atoms with Crippen molar-refractivity contribution in [3.05, 3.63) is 58.2 Å². The molecule has 4 heteroatoms. The van der Waals surface area contributed by atoms with Crippen LogP contribution in [-0.2, 0) is 14.3 Å². The van der Waals surface area contributed by atoms with Gasteiger partial charge < -0.3 is 9.47 Å². The molecule has 4 aliphatic rings. The van der Waals surface area contributed by atoms with Crippen LogP contribution in [0.25, 0.3) is 0 Å². The van der Waals surface area contributed by atoms with Crippen LogP contribution in [0, 0.1) is 17.3 Å². The van der Waals surface area contributed by atoms with Crippen LogP contribution in [0.15, 0.2) is 47.1 Å². The van der Waals surface area contributed by atoms with E-state index in [-0.39, 0.29) is 22.7 Å². The average molecular weight is 449 g/mol. The molecule has 0 radical (unpaired) electrons. The van der Waals surface area contributed by atoms with Crippen molar-refractivity contribution in [2.24, 2.45) is 17.3 Å². The molecule has 0 aromatic heterocycles. The van der Waals surface area contributed by atoms with Gasteiger partial charge in [0.1, 0.15) is 6.29 Å².